The smallest absolute Gasteiger partial charge is 0.302 e. The number of aliphatic hydroxyl groups is 1. The van der Waals surface area contributed by atoms with Gasteiger partial charge in [-0.05, 0) is 78.9 Å². The van der Waals surface area contributed by atoms with Crippen LogP contribution in [0.2, 0.25) is 0 Å². The van der Waals surface area contributed by atoms with Gasteiger partial charge >= 0.3 is 5.97 Å². The molecule has 5 heteroatoms. The highest BCUT2D eigenvalue weighted by Crippen LogP contribution is 2.70. The van der Waals surface area contributed by atoms with Gasteiger partial charge in [0.1, 0.15) is 6.10 Å². The minimum absolute atomic E-state index is 0.0380. The van der Waals surface area contributed by atoms with Crippen molar-refractivity contribution in [2.24, 2.45) is 46.3 Å². The van der Waals surface area contributed by atoms with Gasteiger partial charge in [-0.25, -0.2) is 0 Å². The van der Waals surface area contributed by atoms with Gasteiger partial charge in [0.15, 0.2) is 5.79 Å². The molecule has 190 valence electrons. The Morgan fingerprint density at radius 1 is 1.12 bits per heavy atom. The van der Waals surface area contributed by atoms with Gasteiger partial charge in [0.05, 0.1) is 18.8 Å². The van der Waals surface area contributed by atoms with Crippen molar-refractivity contribution in [3.63, 3.8) is 0 Å². The van der Waals surface area contributed by atoms with Gasteiger partial charge in [-0.2, -0.15) is 0 Å². The number of hydrogen-bond donors (Lipinski definition) is 1. The van der Waals surface area contributed by atoms with Crippen LogP contribution in [0.5, 0.6) is 0 Å². The molecule has 1 N–H and O–H groups in total. The van der Waals surface area contributed by atoms with Crippen molar-refractivity contribution in [2.45, 2.75) is 110 Å². The fourth-order valence-electron chi connectivity index (χ4n) is 9.97. The summed E-state index contributed by atoms with van der Waals surface area (Å²) in [5.74, 6) is 2.23. The van der Waals surface area contributed by atoms with E-state index in [-0.39, 0.29) is 34.8 Å². The fourth-order valence-corrected chi connectivity index (χ4v) is 9.97. The Labute approximate surface area is 205 Å². The standard InChI is InChI=1S/C29H44O5/c1-16-6-11-29(32-15-16)17(2)26-24(34-29)14-22-25-21(8-10-28(22,26)5)27(4)9-7-20(33-18(3)30)12-19(27)13-23(25)31/h13,16-17,20-26,31H,6-12,14-15H2,1-5H3. The topological polar surface area (TPSA) is 65.0 Å². The number of aliphatic hydroxyl groups excluding tert-OH is 1. The van der Waals surface area contributed by atoms with Crippen LogP contribution >= 0.6 is 0 Å². The summed E-state index contributed by atoms with van der Waals surface area (Å²) in [6.07, 6.45) is 10.4. The van der Waals surface area contributed by atoms with Crippen LogP contribution in [0.4, 0.5) is 0 Å². The van der Waals surface area contributed by atoms with Crippen molar-refractivity contribution in [3.8, 4) is 0 Å². The molecule has 12 atom stereocenters. The van der Waals surface area contributed by atoms with Gasteiger partial charge in [-0.1, -0.05) is 39.3 Å². The van der Waals surface area contributed by atoms with Gasteiger partial charge < -0.3 is 19.3 Å². The summed E-state index contributed by atoms with van der Waals surface area (Å²) >= 11 is 0. The Bertz CT molecular complexity index is 874. The van der Waals surface area contributed by atoms with Crippen molar-refractivity contribution >= 4 is 5.97 Å². The van der Waals surface area contributed by atoms with E-state index in [2.05, 4.69) is 33.8 Å². The third-order valence-corrected chi connectivity index (χ3v) is 11.7. The van der Waals surface area contributed by atoms with Crippen molar-refractivity contribution < 1.29 is 24.1 Å². The van der Waals surface area contributed by atoms with Crippen molar-refractivity contribution in [2.75, 3.05) is 6.61 Å². The van der Waals surface area contributed by atoms with Gasteiger partial charge in [-0.15, -0.1) is 0 Å². The Kier molecular flexibility index (Phi) is 5.38. The summed E-state index contributed by atoms with van der Waals surface area (Å²) < 4.78 is 18.9. The third kappa shape index (κ3) is 3.18. The zero-order chi connectivity index (χ0) is 24.0. The van der Waals surface area contributed by atoms with Crippen LogP contribution in [-0.2, 0) is 19.0 Å². The number of ether oxygens (including phenoxy) is 3. The molecule has 6 rings (SSSR count). The van der Waals surface area contributed by atoms with Gasteiger partial charge in [0, 0.05) is 25.7 Å². The predicted octanol–water partition coefficient (Wildman–Crippen LogP) is 5.26. The van der Waals surface area contributed by atoms with Crippen LogP contribution in [0, 0.1) is 46.3 Å². The second-order valence-corrected chi connectivity index (χ2v) is 13.4. The van der Waals surface area contributed by atoms with E-state index < -0.39 is 6.10 Å². The summed E-state index contributed by atoms with van der Waals surface area (Å²) in [6, 6.07) is 0. The van der Waals surface area contributed by atoms with Crippen molar-refractivity contribution in [1.82, 2.24) is 0 Å². The molecule has 6 aliphatic rings. The Hall–Kier alpha value is -0.910. The van der Waals surface area contributed by atoms with Crippen LogP contribution in [0.1, 0.15) is 86.0 Å². The molecule has 12 unspecified atom stereocenters. The molecule has 2 aliphatic heterocycles. The molecule has 0 radical (unpaired) electrons. The van der Waals surface area contributed by atoms with E-state index >= 15 is 0 Å². The number of carbonyl (C=O) groups excluding carboxylic acids is 1. The number of hydrogen-bond acceptors (Lipinski definition) is 5. The van der Waals surface area contributed by atoms with E-state index in [1.807, 2.05) is 0 Å². The van der Waals surface area contributed by atoms with Gasteiger partial charge in [0.2, 0.25) is 0 Å². The molecule has 0 bridgehead atoms. The van der Waals surface area contributed by atoms with E-state index in [1.54, 1.807) is 0 Å². The van der Waals surface area contributed by atoms with E-state index in [1.165, 1.54) is 31.8 Å². The molecular formula is C29H44O5. The Morgan fingerprint density at radius 3 is 2.62 bits per heavy atom. The SMILES string of the molecule is CC(=O)OC1CCC2(C)C(=CC(O)C3C2CCC2(C)C3CC3OC4(CCC(C)CO4)C(C)C32)C1. The Balaban J connectivity index is 1.27. The zero-order valence-corrected chi connectivity index (χ0v) is 21.7. The molecule has 0 aromatic rings. The van der Waals surface area contributed by atoms with Crippen LogP contribution in [0.25, 0.3) is 0 Å². The summed E-state index contributed by atoms with van der Waals surface area (Å²) in [7, 11) is 0. The molecule has 4 aliphatic carbocycles. The largest absolute Gasteiger partial charge is 0.462 e. The number of fused-ring (bicyclic) bond motifs is 7. The fraction of sp³-hybridized carbons (Fsp3) is 0.897. The molecule has 5 fully saturated rings. The van der Waals surface area contributed by atoms with Crippen LogP contribution in [0.3, 0.4) is 0 Å². The first-order valence-electron chi connectivity index (χ1n) is 14.0. The molecule has 34 heavy (non-hydrogen) atoms. The minimum atomic E-state index is -0.413. The van der Waals surface area contributed by atoms with Crippen LogP contribution < -0.4 is 0 Å². The number of esters is 1. The van der Waals surface area contributed by atoms with Crippen LogP contribution in [-0.4, -0.2) is 41.8 Å². The van der Waals surface area contributed by atoms with Crippen molar-refractivity contribution in [1.29, 1.82) is 0 Å². The van der Waals surface area contributed by atoms with E-state index in [0.29, 0.717) is 35.5 Å². The molecule has 0 amide bonds. The quantitative estimate of drug-likeness (QED) is 0.417. The summed E-state index contributed by atoms with van der Waals surface area (Å²) in [5.41, 5.74) is 1.63. The highest BCUT2D eigenvalue weighted by molar-refractivity contribution is 5.66. The molecule has 1 spiro atoms. The first-order valence-corrected chi connectivity index (χ1v) is 14.0. The maximum absolute atomic E-state index is 11.5. The maximum Gasteiger partial charge on any atom is 0.302 e. The first kappa shape index (κ1) is 23.5. The molecule has 2 saturated heterocycles. The molecular weight excluding hydrogens is 428 g/mol. The lowest BCUT2D eigenvalue weighted by Gasteiger charge is -2.59. The molecule has 2 heterocycles. The highest BCUT2D eigenvalue weighted by Gasteiger charge is 2.69. The minimum Gasteiger partial charge on any atom is -0.462 e. The van der Waals surface area contributed by atoms with Gasteiger partial charge in [-0.3, -0.25) is 4.79 Å². The molecule has 0 aromatic heterocycles. The summed E-state index contributed by atoms with van der Waals surface area (Å²) in [4.78, 5) is 11.5. The second kappa shape index (κ2) is 7.79. The molecule has 0 aromatic carbocycles. The number of carbonyl (C=O) groups is 1. The molecule has 3 saturated carbocycles. The zero-order valence-electron chi connectivity index (χ0n) is 21.7. The normalized spacial score (nSPS) is 56.2. The molecule has 5 nitrogen and oxygen atoms in total. The van der Waals surface area contributed by atoms with Crippen LogP contribution in [0.15, 0.2) is 11.6 Å². The average Bonchev–Trinajstić information content (AvgIpc) is 3.21. The lowest BCUT2D eigenvalue weighted by Crippen LogP contribution is -2.56. The lowest BCUT2D eigenvalue weighted by atomic mass is 9.46. The summed E-state index contributed by atoms with van der Waals surface area (Å²) in [5, 5.41) is 11.5. The lowest BCUT2D eigenvalue weighted by molar-refractivity contribution is -0.273. The Morgan fingerprint density at radius 2 is 1.91 bits per heavy atom. The highest BCUT2D eigenvalue weighted by atomic mass is 16.7. The van der Waals surface area contributed by atoms with Crippen molar-refractivity contribution in [3.05, 3.63) is 11.6 Å². The van der Waals surface area contributed by atoms with Gasteiger partial charge in [0.25, 0.3) is 0 Å². The predicted molar refractivity (Wildman–Crippen MR) is 129 cm³/mol. The third-order valence-electron chi connectivity index (χ3n) is 11.7. The average molecular weight is 473 g/mol. The monoisotopic (exact) mass is 472 g/mol. The van der Waals surface area contributed by atoms with E-state index in [4.69, 9.17) is 14.2 Å². The summed E-state index contributed by atoms with van der Waals surface area (Å²) in [6.45, 7) is 11.9. The first-order chi connectivity index (χ1) is 16.1. The maximum atomic E-state index is 11.5. The number of rotatable bonds is 1. The van der Waals surface area contributed by atoms with E-state index in [0.717, 1.165) is 38.7 Å². The van der Waals surface area contributed by atoms with E-state index in [9.17, 15) is 9.90 Å². The second-order valence-electron chi connectivity index (χ2n) is 13.4.